The first-order valence-corrected chi connectivity index (χ1v) is 10.3. The fourth-order valence-electron chi connectivity index (χ4n) is 3.73. The molecular formula is C22H26F3N5O2. The van der Waals surface area contributed by atoms with Crippen LogP contribution in [0.3, 0.4) is 0 Å². The highest BCUT2D eigenvalue weighted by atomic mass is 19.4. The van der Waals surface area contributed by atoms with E-state index in [9.17, 15) is 22.8 Å². The summed E-state index contributed by atoms with van der Waals surface area (Å²) in [4.78, 5) is 36.5. The lowest BCUT2D eigenvalue weighted by atomic mass is 9.93. The monoisotopic (exact) mass is 449 g/mol. The SMILES string of the molecule is CC(=O)NCC(=O)N1CCCC[C@H]1c1nc(N(C)C)ncc1-c1ccc(C(F)(F)F)cc1. The van der Waals surface area contributed by atoms with E-state index in [-0.39, 0.29) is 24.4 Å². The van der Waals surface area contributed by atoms with Crippen LogP contribution in [0.2, 0.25) is 0 Å². The Morgan fingerprint density at radius 3 is 2.47 bits per heavy atom. The number of carbonyl (C=O) groups is 2. The minimum absolute atomic E-state index is 0.118. The van der Waals surface area contributed by atoms with E-state index in [1.165, 1.54) is 19.1 Å². The Morgan fingerprint density at radius 1 is 1.19 bits per heavy atom. The maximum Gasteiger partial charge on any atom is 0.416 e. The summed E-state index contributed by atoms with van der Waals surface area (Å²) in [6.45, 7) is 1.74. The summed E-state index contributed by atoms with van der Waals surface area (Å²) in [7, 11) is 3.58. The van der Waals surface area contributed by atoms with Crippen LogP contribution in [0.25, 0.3) is 11.1 Å². The second kappa shape index (κ2) is 9.54. The van der Waals surface area contributed by atoms with E-state index in [1.54, 1.807) is 30.1 Å². The lowest BCUT2D eigenvalue weighted by Gasteiger charge is -2.36. The van der Waals surface area contributed by atoms with Gasteiger partial charge in [-0.1, -0.05) is 12.1 Å². The first kappa shape index (κ1) is 23.5. The van der Waals surface area contributed by atoms with Gasteiger partial charge in [0.2, 0.25) is 17.8 Å². The number of aromatic nitrogens is 2. The number of carbonyl (C=O) groups excluding carboxylic acids is 2. The number of anilines is 1. The van der Waals surface area contributed by atoms with Gasteiger partial charge in [-0.05, 0) is 37.0 Å². The molecule has 1 fully saturated rings. The van der Waals surface area contributed by atoms with E-state index in [1.807, 2.05) is 0 Å². The van der Waals surface area contributed by atoms with Crippen LogP contribution in [0.5, 0.6) is 0 Å². The highest BCUT2D eigenvalue weighted by Gasteiger charge is 2.33. The number of hydrogen-bond acceptors (Lipinski definition) is 5. The highest BCUT2D eigenvalue weighted by Crippen LogP contribution is 2.37. The maximum atomic E-state index is 13.0. The van der Waals surface area contributed by atoms with E-state index < -0.39 is 11.7 Å². The van der Waals surface area contributed by atoms with Gasteiger partial charge in [-0.2, -0.15) is 13.2 Å². The number of piperidine rings is 1. The molecule has 1 atom stereocenters. The zero-order chi connectivity index (χ0) is 23.5. The molecule has 1 aliphatic rings. The first-order chi connectivity index (χ1) is 15.1. The van der Waals surface area contributed by atoms with Crippen molar-refractivity contribution < 1.29 is 22.8 Å². The second-order valence-corrected chi connectivity index (χ2v) is 7.95. The highest BCUT2D eigenvalue weighted by molar-refractivity contribution is 5.84. The van der Waals surface area contributed by atoms with Gasteiger partial charge in [0.15, 0.2) is 0 Å². The Hall–Kier alpha value is -3.17. The van der Waals surface area contributed by atoms with Crippen molar-refractivity contribution in [3.8, 4) is 11.1 Å². The van der Waals surface area contributed by atoms with Gasteiger partial charge in [0.05, 0.1) is 23.8 Å². The van der Waals surface area contributed by atoms with Crippen LogP contribution < -0.4 is 10.2 Å². The third kappa shape index (κ3) is 5.35. The Morgan fingerprint density at radius 2 is 1.88 bits per heavy atom. The van der Waals surface area contributed by atoms with Crippen LogP contribution in [0.4, 0.5) is 19.1 Å². The number of amides is 2. The van der Waals surface area contributed by atoms with Crippen molar-refractivity contribution in [2.45, 2.75) is 38.4 Å². The summed E-state index contributed by atoms with van der Waals surface area (Å²) in [5, 5.41) is 2.53. The van der Waals surface area contributed by atoms with Crippen LogP contribution >= 0.6 is 0 Å². The van der Waals surface area contributed by atoms with Crippen LogP contribution in [-0.2, 0) is 15.8 Å². The number of alkyl halides is 3. The number of nitrogens with one attached hydrogen (secondary N) is 1. The second-order valence-electron chi connectivity index (χ2n) is 7.95. The molecule has 0 saturated carbocycles. The summed E-state index contributed by atoms with van der Waals surface area (Å²) in [5.41, 5.74) is 0.962. The summed E-state index contributed by atoms with van der Waals surface area (Å²) in [5.74, 6) is -0.0851. The Balaban J connectivity index is 2.03. The molecule has 1 aromatic heterocycles. The van der Waals surface area contributed by atoms with Crippen molar-refractivity contribution >= 4 is 17.8 Å². The molecule has 1 N–H and O–H groups in total. The van der Waals surface area contributed by atoms with Gasteiger partial charge in [-0.25, -0.2) is 9.97 Å². The minimum atomic E-state index is -4.43. The fraction of sp³-hybridized carbons (Fsp3) is 0.455. The molecule has 0 radical (unpaired) electrons. The van der Waals surface area contributed by atoms with E-state index >= 15 is 0 Å². The Kier molecular flexibility index (Phi) is 7.00. The van der Waals surface area contributed by atoms with E-state index in [0.717, 1.165) is 25.0 Å². The molecule has 32 heavy (non-hydrogen) atoms. The van der Waals surface area contributed by atoms with Gasteiger partial charge in [-0.15, -0.1) is 0 Å². The molecule has 3 rings (SSSR count). The molecule has 1 saturated heterocycles. The van der Waals surface area contributed by atoms with E-state index in [0.29, 0.717) is 35.7 Å². The number of hydrogen-bond donors (Lipinski definition) is 1. The zero-order valence-corrected chi connectivity index (χ0v) is 18.2. The van der Waals surface area contributed by atoms with Crippen LogP contribution in [-0.4, -0.2) is 53.9 Å². The van der Waals surface area contributed by atoms with Gasteiger partial charge in [0, 0.05) is 39.3 Å². The first-order valence-electron chi connectivity index (χ1n) is 10.3. The summed E-state index contributed by atoms with van der Waals surface area (Å²) < 4.78 is 39.0. The van der Waals surface area contributed by atoms with Crippen LogP contribution in [0, 0.1) is 0 Å². The van der Waals surface area contributed by atoms with Crippen LogP contribution in [0.1, 0.15) is 43.5 Å². The van der Waals surface area contributed by atoms with Crippen molar-refractivity contribution in [1.82, 2.24) is 20.2 Å². The maximum absolute atomic E-state index is 13.0. The van der Waals surface area contributed by atoms with Gasteiger partial charge < -0.3 is 15.1 Å². The Bertz CT molecular complexity index is 977. The molecule has 2 amide bonds. The fourth-order valence-corrected chi connectivity index (χ4v) is 3.73. The van der Waals surface area contributed by atoms with Crippen molar-refractivity contribution in [2.24, 2.45) is 0 Å². The van der Waals surface area contributed by atoms with Gasteiger partial charge in [0.1, 0.15) is 0 Å². The number of likely N-dealkylation sites (tertiary alicyclic amines) is 1. The zero-order valence-electron chi connectivity index (χ0n) is 18.2. The van der Waals surface area contributed by atoms with E-state index in [2.05, 4.69) is 15.3 Å². The number of rotatable bonds is 5. The molecule has 0 aliphatic carbocycles. The van der Waals surface area contributed by atoms with Crippen LogP contribution in [0.15, 0.2) is 30.5 Å². The summed E-state index contributed by atoms with van der Waals surface area (Å²) in [6, 6.07) is 4.47. The van der Waals surface area contributed by atoms with Crippen molar-refractivity contribution in [1.29, 1.82) is 0 Å². The lowest BCUT2D eigenvalue weighted by Crippen LogP contribution is -2.44. The number of benzene rings is 1. The molecule has 0 bridgehead atoms. The lowest BCUT2D eigenvalue weighted by molar-refractivity contribution is -0.137. The molecule has 2 aromatic rings. The molecule has 1 aromatic carbocycles. The average Bonchev–Trinajstić information content (AvgIpc) is 2.76. The molecule has 0 unspecified atom stereocenters. The molecule has 0 spiro atoms. The smallest absolute Gasteiger partial charge is 0.347 e. The quantitative estimate of drug-likeness (QED) is 0.757. The van der Waals surface area contributed by atoms with Gasteiger partial charge >= 0.3 is 6.18 Å². The predicted octanol–water partition coefficient (Wildman–Crippen LogP) is 3.42. The molecule has 7 nitrogen and oxygen atoms in total. The van der Waals surface area contributed by atoms with Crippen molar-refractivity contribution in [2.75, 3.05) is 32.1 Å². The third-order valence-corrected chi connectivity index (χ3v) is 5.36. The molecule has 172 valence electrons. The molecule has 1 aliphatic heterocycles. The third-order valence-electron chi connectivity index (χ3n) is 5.36. The summed E-state index contributed by atoms with van der Waals surface area (Å²) in [6.07, 6.45) is -0.483. The normalized spacial score (nSPS) is 16.6. The van der Waals surface area contributed by atoms with Gasteiger partial charge in [0.25, 0.3) is 0 Å². The predicted molar refractivity (Wildman–Crippen MR) is 114 cm³/mol. The van der Waals surface area contributed by atoms with E-state index in [4.69, 9.17) is 0 Å². The topological polar surface area (TPSA) is 78.4 Å². The molecular weight excluding hydrogens is 423 g/mol. The van der Waals surface area contributed by atoms with Crippen molar-refractivity contribution in [3.05, 3.63) is 41.7 Å². The summed E-state index contributed by atoms with van der Waals surface area (Å²) >= 11 is 0. The number of nitrogens with zero attached hydrogens (tertiary/aromatic N) is 4. The van der Waals surface area contributed by atoms with Crippen molar-refractivity contribution in [3.63, 3.8) is 0 Å². The largest absolute Gasteiger partial charge is 0.416 e. The number of halogens is 3. The van der Waals surface area contributed by atoms with Gasteiger partial charge in [-0.3, -0.25) is 9.59 Å². The molecule has 2 heterocycles. The standard InChI is InChI=1S/C22H26F3N5O2/c1-14(31)26-13-19(32)30-11-5-4-6-18(30)20-17(12-27-21(28-20)29(2)3)15-7-9-16(10-8-15)22(23,24)25/h7-10,12,18H,4-6,11,13H2,1-3H3,(H,26,31)/t18-/m0/s1. The average molecular weight is 449 g/mol. The molecule has 10 heteroatoms. The Labute approximate surface area is 184 Å². The minimum Gasteiger partial charge on any atom is -0.347 e.